The lowest BCUT2D eigenvalue weighted by atomic mass is 10.2. The third-order valence-electron chi connectivity index (χ3n) is 3.19. The Morgan fingerprint density at radius 2 is 1.65 bits per heavy atom. The second kappa shape index (κ2) is 5.96. The van der Waals surface area contributed by atoms with Gasteiger partial charge in [0.05, 0.1) is 11.0 Å². The van der Waals surface area contributed by atoms with Gasteiger partial charge in [-0.25, -0.2) is 18.7 Å². The Morgan fingerprint density at radius 1 is 1.04 bits per heavy atom. The molecule has 0 unspecified atom stereocenters. The number of fused-ring (bicyclic) bond motifs is 1. The Kier molecular flexibility index (Phi) is 3.84. The van der Waals surface area contributed by atoms with Crippen molar-refractivity contribution < 1.29 is 13.6 Å². The number of halogens is 2. The van der Waals surface area contributed by atoms with Crippen LogP contribution in [-0.2, 0) is 6.54 Å². The van der Waals surface area contributed by atoms with Gasteiger partial charge in [-0.3, -0.25) is 4.79 Å². The number of para-hydroxylation sites is 2. The maximum absolute atomic E-state index is 13.1. The van der Waals surface area contributed by atoms with Crippen molar-refractivity contribution in [2.75, 3.05) is 5.73 Å². The Bertz CT molecular complexity index is 878. The van der Waals surface area contributed by atoms with E-state index >= 15 is 0 Å². The first-order chi connectivity index (χ1) is 11.0. The van der Waals surface area contributed by atoms with Gasteiger partial charge in [-0.15, -0.1) is 0 Å². The van der Waals surface area contributed by atoms with Crippen molar-refractivity contribution in [2.24, 2.45) is 0 Å². The van der Waals surface area contributed by atoms with Gasteiger partial charge < -0.3 is 11.1 Å². The molecule has 0 fully saturated rings. The summed E-state index contributed by atoms with van der Waals surface area (Å²) in [6.07, 6.45) is 0. The number of hydrogen-bond acceptors (Lipinski definition) is 4. The number of hydrogen-bond donors (Lipinski definition) is 2. The number of rotatable bonds is 3. The third kappa shape index (κ3) is 3.23. The van der Waals surface area contributed by atoms with E-state index in [0.717, 1.165) is 18.2 Å². The van der Waals surface area contributed by atoms with E-state index in [9.17, 15) is 13.6 Å². The van der Waals surface area contributed by atoms with Gasteiger partial charge in [-0.2, -0.15) is 0 Å². The lowest BCUT2D eigenvalue weighted by Gasteiger charge is -2.08. The van der Waals surface area contributed by atoms with Gasteiger partial charge in [0.1, 0.15) is 11.6 Å². The standard InChI is InChI=1S/C16H12F2N4O/c17-10-5-9(6-11(18)7-10)8-20-16(23)14-15(19)22-13-4-2-1-3-12(13)21-14/h1-7H,8H2,(H2,19,22)(H,20,23). The smallest absolute Gasteiger partial charge is 0.274 e. The first-order valence-electron chi connectivity index (χ1n) is 6.78. The highest BCUT2D eigenvalue weighted by Gasteiger charge is 2.14. The maximum Gasteiger partial charge on any atom is 0.274 e. The van der Waals surface area contributed by atoms with E-state index in [0.29, 0.717) is 16.6 Å². The largest absolute Gasteiger partial charge is 0.382 e. The molecular weight excluding hydrogens is 302 g/mol. The molecule has 0 radical (unpaired) electrons. The van der Waals surface area contributed by atoms with Crippen molar-refractivity contribution in [1.29, 1.82) is 0 Å². The summed E-state index contributed by atoms with van der Waals surface area (Å²) >= 11 is 0. The number of benzene rings is 2. The first kappa shape index (κ1) is 14.8. The molecule has 7 heteroatoms. The molecule has 1 aromatic heterocycles. The SMILES string of the molecule is Nc1nc2ccccc2nc1C(=O)NCc1cc(F)cc(F)c1. The predicted octanol–water partition coefficient (Wildman–Crippen LogP) is 2.42. The third-order valence-corrected chi connectivity index (χ3v) is 3.19. The fraction of sp³-hybridized carbons (Fsp3) is 0.0625. The summed E-state index contributed by atoms with van der Waals surface area (Å²) < 4.78 is 26.2. The molecule has 0 saturated heterocycles. The van der Waals surface area contributed by atoms with E-state index in [1.807, 2.05) is 0 Å². The van der Waals surface area contributed by atoms with Crippen molar-refractivity contribution in [3.8, 4) is 0 Å². The fourth-order valence-corrected chi connectivity index (χ4v) is 2.16. The van der Waals surface area contributed by atoms with E-state index in [-0.39, 0.29) is 18.1 Å². The molecule has 23 heavy (non-hydrogen) atoms. The minimum atomic E-state index is -0.709. The molecule has 2 aromatic carbocycles. The van der Waals surface area contributed by atoms with Crippen LogP contribution in [0.15, 0.2) is 42.5 Å². The molecule has 0 aliphatic rings. The van der Waals surface area contributed by atoms with Crippen molar-refractivity contribution >= 4 is 22.8 Å². The molecule has 116 valence electrons. The van der Waals surface area contributed by atoms with Crippen LogP contribution in [0, 0.1) is 11.6 Å². The summed E-state index contributed by atoms with van der Waals surface area (Å²) in [5, 5.41) is 2.52. The molecule has 0 atom stereocenters. The number of nitrogens with two attached hydrogens (primary N) is 1. The topological polar surface area (TPSA) is 80.9 Å². The van der Waals surface area contributed by atoms with E-state index in [1.54, 1.807) is 24.3 Å². The molecular formula is C16H12F2N4O. The normalized spacial score (nSPS) is 10.7. The van der Waals surface area contributed by atoms with Gasteiger partial charge in [0.15, 0.2) is 11.5 Å². The zero-order chi connectivity index (χ0) is 16.4. The van der Waals surface area contributed by atoms with E-state index < -0.39 is 17.5 Å². The van der Waals surface area contributed by atoms with Crippen molar-refractivity contribution in [3.63, 3.8) is 0 Å². The van der Waals surface area contributed by atoms with Crippen LogP contribution in [0.3, 0.4) is 0 Å². The number of nitrogens with one attached hydrogen (secondary N) is 1. The van der Waals surface area contributed by atoms with Crippen LogP contribution < -0.4 is 11.1 Å². The molecule has 5 nitrogen and oxygen atoms in total. The minimum absolute atomic E-state index is 0.00776. The summed E-state index contributed by atoms with van der Waals surface area (Å²) in [7, 11) is 0. The summed E-state index contributed by atoms with van der Waals surface area (Å²) in [6, 6.07) is 10.0. The number of nitrogens with zero attached hydrogens (tertiary/aromatic N) is 2. The van der Waals surface area contributed by atoms with Gasteiger partial charge in [-0.1, -0.05) is 12.1 Å². The van der Waals surface area contributed by atoms with Gasteiger partial charge >= 0.3 is 0 Å². The lowest BCUT2D eigenvalue weighted by molar-refractivity contribution is 0.0947. The van der Waals surface area contributed by atoms with Crippen molar-refractivity contribution in [2.45, 2.75) is 6.54 Å². The van der Waals surface area contributed by atoms with E-state index in [1.165, 1.54) is 0 Å². The van der Waals surface area contributed by atoms with Crippen LogP contribution in [0.25, 0.3) is 11.0 Å². The quantitative estimate of drug-likeness (QED) is 0.778. The summed E-state index contributed by atoms with van der Waals surface area (Å²) in [5.41, 5.74) is 7.13. The first-order valence-corrected chi connectivity index (χ1v) is 6.78. The lowest BCUT2D eigenvalue weighted by Crippen LogP contribution is -2.25. The number of amides is 1. The Labute approximate surface area is 130 Å². The van der Waals surface area contributed by atoms with Crippen LogP contribution >= 0.6 is 0 Å². The van der Waals surface area contributed by atoms with Gasteiger partial charge in [0.2, 0.25) is 0 Å². The molecule has 0 saturated carbocycles. The molecule has 1 amide bonds. The molecule has 0 aliphatic carbocycles. The maximum atomic E-state index is 13.1. The van der Waals surface area contributed by atoms with Crippen LogP contribution in [0.4, 0.5) is 14.6 Å². The number of carbonyl (C=O) groups excluding carboxylic acids is 1. The predicted molar refractivity (Wildman–Crippen MR) is 81.5 cm³/mol. The van der Waals surface area contributed by atoms with Crippen LogP contribution in [0.2, 0.25) is 0 Å². The second-order valence-corrected chi connectivity index (χ2v) is 4.91. The number of aromatic nitrogens is 2. The summed E-state index contributed by atoms with van der Waals surface area (Å²) in [4.78, 5) is 20.5. The molecule has 3 rings (SSSR count). The zero-order valence-corrected chi connectivity index (χ0v) is 11.9. The Balaban J connectivity index is 1.81. The highest BCUT2D eigenvalue weighted by molar-refractivity contribution is 5.98. The molecule has 0 spiro atoms. The number of nitrogen functional groups attached to an aromatic ring is 1. The Hall–Kier alpha value is -3.09. The van der Waals surface area contributed by atoms with Crippen molar-refractivity contribution in [1.82, 2.24) is 15.3 Å². The second-order valence-electron chi connectivity index (χ2n) is 4.91. The van der Waals surface area contributed by atoms with Crippen LogP contribution in [-0.4, -0.2) is 15.9 Å². The molecule has 3 aromatic rings. The minimum Gasteiger partial charge on any atom is -0.382 e. The monoisotopic (exact) mass is 314 g/mol. The van der Waals surface area contributed by atoms with Gasteiger partial charge in [-0.05, 0) is 29.8 Å². The molecule has 3 N–H and O–H groups in total. The van der Waals surface area contributed by atoms with Gasteiger partial charge in [0, 0.05) is 12.6 Å². The summed E-state index contributed by atoms with van der Waals surface area (Å²) in [6.45, 7) is -0.0541. The highest BCUT2D eigenvalue weighted by atomic mass is 19.1. The zero-order valence-electron chi connectivity index (χ0n) is 11.9. The van der Waals surface area contributed by atoms with Crippen molar-refractivity contribution in [3.05, 3.63) is 65.4 Å². The average molecular weight is 314 g/mol. The Morgan fingerprint density at radius 3 is 2.30 bits per heavy atom. The molecule has 0 aliphatic heterocycles. The van der Waals surface area contributed by atoms with Gasteiger partial charge in [0.25, 0.3) is 5.91 Å². The molecule has 1 heterocycles. The number of anilines is 1. The van der Waals surface area contributed by atoms with Crippen LogP contribution in [0.5, 0.6) is 0 Å². The summed E-state index contributed by atoms with van der Waals surface area (Å²) in [5.74, 6) is -1.99. The highest BCUT2D eigenvalue weighted by Crippen LogP contribution is 2.14. The average Bonchev–Trinajstić information content (AvgIpc) is 2.51. The van der Waals surface area contributed by atoms with E-state index in [4.69, 9.17) is 5.73 Å². The van der Waals surface area contributed by atoms with Crippen LogP contribution in [0.1, 0.15) is 16.1 Å². The number of carbonyl (C=O) groups is 1. The molecule has 0 bridgehead atoms. The fourth-order valence-electron chi connectivity index (χ4n) is 2.16. The van der Waals surface area contributed by atoms with E-state index in [2.05, 4.69) is 15.3 Å².